The molecule has 0 aliphatic carbocycles. The van der Waals surface area contributed by atoms with Gasteiger partial charge in [0.05, 0.1) is 12.6 Å². The first-order valence-electron chi connectivity index (χ1n) is 8.24. The highest BCUT2D eigenvalue weighted by Crippen LogP contribution is 2.29. The van der Waals surface area contributed by atoms with E-state index in [0.29, 0.717) is 11.8 Å². The number of halogens is 2. The number of aliphatic hydroxyl groups is 1. The predicted octanol–water partition coefficient (Wildman–Crippen LogP) is 2.11. The Balaban J connectivity index is 1.73. The minimum Gasteiger partial charge on any atom is -0.394 e. The summed E-state index contributed by atoms with van der Waals surface area (Å²) in [5.41, 5.74) is 1.02. The van der Waals surface area contributed by atoms with Crippen LogP contribution in [0.4, 0.5) is 14.5 Å². The molecule has 1 heterocycles. The number of ether oxygens (including phenoxy) is 1. The van der Waals surface area contributed by atoms with Crippen LogP contribution in [-0.4, -0.2) is 48.1 Å². The molecule has 0 radical (unpaired) electrons. The van der Waals surface area contributed by atoms with Crippen molar-refractivity contribution in [1.82, 2.24) is 4.90 Å². The third-order valence-electron chi connectivity index (χ3n) is 4.44. The van der Waals surface area contributed by atoms with Crippen molar-refractivity contribution < 1.29 is 28.2 Å². The first-order chi connectivity index (χ1) is 12.9. The molecule has 1 aliphatic rings. The maximum absolute atomic E-state index is 13.2. The largest absolute Gasteiger partial charge is 0.394 e. The number of morpholine rings is 1. The number of rotatable bonds is 4. The van der Waals surface area contributed by atoms with Crippen molar-refractivity contribution in [2.24, 2.45) is 0 Å². The molecule has 1 saturated heterocycles. The quantitative estimate of drug-likeness (QED) is 0.857. The van der Waals surface area contributed by atoms with E-state index in [4.69, 9.17) is 4.74 Å². The summed E-state index contributed by atoms with van der Waals surface area (Å²) in [6.45, 7) is -0.335. The molecule has 2 aromatic carbocycles. The highest BCUT2D eigenvalue weighted by Gasteiger charge is 2.34. The number of aliphatic hydroxyl groups excluding tert-OH is 1. The zero-order chi connectivity index (χ0) is 19.6. The summed E-state index contributed by atoms with van der Waals surface area (Å²) in [5.74, 6) is -2.53. The number of hydrogen-bond acceptors (Lipinski definition) is 4. The molecule has 2 atom stereocenters. The highest BCUT2D eigenvalue weighted by molar-refractivity contribution is 6.04. The Morgan fingerprint density at radius 2 is 1.85 bits per heavy atom. The number of benzene rings is 2. The van der Waals surface area contributed by atoms with Gasteiger partial charge >= 0.3 is 0 Å². The molecule has 8 heteroatoms. The number of likely N-dealkylation sites (N-methyl/N-ethyl adjacent to an activating group) is 1. The Hall–Kier alpha value is -2.84. The number of carbonyl (C=O) groups is 2. The SMILES string of the molecule is CN1C(=O)CO[C@H](c2ccc(NC(=O)c3cc(F)cc(F)c3)cc2)[C@H]1CO. The van der Waals surface area contributed by atoms with Crippen molar-refractivity contribution in [3.63, 3.8) is 0 Å². The molecule has 1 fully saturated rings. The van der Waals surface area contributed by atoms with Crippen molar-refractivity contribution in [3.05, 3.63) is 65.2 Å². The van der Waals surface area contributed by atoms with E-state index in [9.17, 15) is 23.5 Å². The van der Waals surface area contributed by atoms with Crippen LogP contribution in [0.25, 0.3) is 0 Å². The summed E-state index contributed by atoms with van der Waals surface area (Å²) in [5, 5.41) is 12.1. The van der Waals surface area contributed by atoms with Crippen LogP contribution in [-0.2, 0) is 9.53 Å². The Kier molecular flexibility index (Phi) is 5.48. The average molecular weight is 376 g/mol. The van der Waals surface area contributed by atoms with Gasteiger partial charge in [0.1, 0.15) is 24.3 Å². The standard InChI is InChI=1S/C19H18F2N2O4/c1-23-16(9-24)18(27-10-17(23)25)11-2-4-15(5-3-11)22-19(26)12-6-13(20)8-14(21)7-12/h2-8,16,18,24H,9-10H2,1H3,(H,22,26)/t16-,18-/m1/s1. The van der Waals surface area contributed by atoms with Gasteiger partial charge in [0.25, 0.3) is 5.91 Å². The number of nitrogens with zero attached hydrogens (tertiary/aromatic N) is 1. The van der Waals surface area contributed by atoms with Gasteiger partial charge in [0.15, 0.2) is 0 Å². The van der Waals surface area contributed by atoms with Crippen LogP contribution in [0.3, 0.4) is 0 Å². The number of carbonyl (C=O) groups excluding carboxylic acids is 2. The second-order valence-electron chi connectivity index (χ2n) is 6.22. The maximum Gasteiger partial charge on any atom is 0.255 e. The van der Waals surface area contributed by atoms with Crippen LogP contribution in [0.2, 0.25) is 0 Å². The molecule has 0 spiro atoms. The van der Waals surface area contributed by atoms with Gasteiger partial charge in [-0.3, -0.25) is 9.59 Å². The summed E-state index contributed by atoms with van der Waals surface area (Å²) in [6, 6.07) is 8.67. The molecule has 2 amide bonds. The zero-order valence-corrected chi connectivity index (χ0v) is 14.5. The Labute approximate surface area is 154 Å². The van der Waals surface area contributed by atoms with Crippen molar-refractivity contribution in [2.45, 2.75) is 12.1 Å². The summed E-state index contributed by atoms with van der Waals surface area (Å²) in [7, 11) is 1.60. The first-order valence-corrected chi connectivity index (χ1v) is 8.24. The van der Waals surface area contributed by atoms with Crippen molar-refractivity contribution >= 4 is 17.5 Å². The van der Waals surface area contributed by atoms with Crippen molar-refractivity contribution in [2.75, 3.05) is 25.6 Å². The lowest BCUT2D eigenvalue weighted by Crippen LogP contribution is -2.50. The number of amides is 2. The van der Waals surface area contributed by atoms with Gasteiger partial charge in [-0.05, 0) is 29.8 Å². The lowest BCUT2D eigenvalue weighted by molar-refractivity contribution is -0.157. The van der Waals surface area contributed by atoms with E-state index < -0.39 is 29.7 Å². The summed E-state index contributed by atoms with van der Waals surface area (Å²) in [4.78, 5) is 25.3. The topological polar surface area (TPSA) is 78.9 Å². The molecular formula is C19H18F2N2O4. The third-order valence-corrected chi connectivity index (χ3v) is 4.44. The molecule has 3 rings (SSSR count). The molecule has 27 heavy (non-hydrogen) atoms. The normalized spacial score (nSPS) is 19.9. The molecule has 0 unspecified atom stereocenters. The summed E-state index contributed by atoms with van der Waals surface area (Å²) >= 11 is 0. The molecule has 2 aromatic rings. The zero-order valence-electron chi connectivity index (χ0n) is 14.5. The lowest BCUT2D eigenvalue weighted by Gasteiger charge is -2.38. The van der Waals surface area contributed by atoms with Gasteiger partial charge < -0.3 is 20.1 Å². The minimum absolute atomic E-state index is 0.0821. The highest BCUT2D eigenvalue weighted by atomic mass is 19.1. The molecule has 0 saturated carbocycles. The molecule has 2 N–H and O–H groups in total. The smallest absolute Gasteiger partial charge is 0.255 e. The Morgan fingerprint density at radius 3 is 2.44 bits per heavy atom. The second-order valence-corrected chi connectivity index (χ2v) is 6.22. The second kappa shape index (κ2) is 7.81. The monoisotopic (exact) mass is 376 g/mol. The molecule has 142 valence electrons. The molecule has 0 aromatic heterocycles. The average Bonchev–Trinajstić information content (AvgIpc) is 2.64. The minimum atomic E-state index is -0.835. The van der Waals surface area contributed by atoms with E-state index >= 15 is 0 Å². The third kappa shape index (κ3) is 4.12. The van der Waals surface area contributed by atoms with Crippen LogP contribution in [0.5, 0.6) is 0 Å². The van der Waals surface area contributed by atoms with E-state index in [-0.39, 0.29) is 24.7 Å². The van der Waals surface area contributed by atoms with Crippen molar-refractivity contribution in [1.29, 1.82) is 0 Å². The van der Waals surface area contributed by atoms with Crippen LogP contribution >= 0.6 is 0 Å². The van der Waals surface area contributed by atoms with Gasteiger partial charge in [-0.1, -0.05) is 12.1 Å². The predicted molar refractivity (Wildman–Crippen MR) is 93.1 cm³/mol. The van der Waals surface area contributed by atoms with Gasteiger partial charge in [-0.15, -0.1) is 0 Å². The van der Waals surface area contributed by atoms with E-state index in [2.05, 4.69) is 5.32 Å². The Morgan fingerprint density at radius 1 is 1.22 bits per heavy atom. The van der Waals surface area contributed by atoms with Gasteiger partial charge in [-0.25, -0.2) is 8.78 Å². The van der Waals surface area contributed by atoms with E-state index in [1.54, 1.807) is 31.3 Å². The fraction of sp³-hybridized carbons (Fsp3) is 0.263. The molecule has 6 nitrogen and oxygen atoms in total. The number of anilines is 1. The lowest BCUT2D eigenvalue weighted by atomic mass is 9.99. The van der Waals surface area contributed by atoms with Gasteiger partial charge in [0.2, 0.25) is 5.91 Å². The number of hydrogen-bond donors (Lipinski definition) is 2. The van der Waals surface area contributed by atoms with Crippen LogP contribution < -0.4 is 5.32 Å². The van der Waals surface area contributed by atoms with E-state index in [1.165, 1.54) is 4.90 Å². The van der Waals surface area contributed by atoms with Gasteiger partial charge in [-0.2, -0.15) is 0 Å². The van der Waals surface area contributed by atoms with Crippen LogP contribution in [0.1, 0.15) is 22.0 Å². The van der Waals surface area contributed by atoms with E-state index in [1.807, 2.05) is 0 Å². The van der Waals surface area contributed by atoms with Crippen LogP contribution in [0, 0.1) is 11.6 Å². The summed E-state index contributed by atoms with van der Waals surface area (Å²) in [6.07, 6.45) is -0.500. The first kappa shape index (κ1) is 18.9. The fourth-order valence-electron chi connectivity index (χ4n) is 2.94. The van der Waals surface area contributed by atoms with Gasteiger partial charge in [0, 0.05) is 24.4 Å². The molecular weight excluding hydrogens is 358 g/mol. The number of nitrogens with one attached hydrogen (secondary N) is 1. The molecule has 0 bridgehead atoms. The van der Waals surface area contributed by atoms with Crippen LogP contribution in [0.15, 0.2) is 42.5 Å². The van der Waals surface area contributed by atoms with E-state index in [0.717, 1.165) is 17.7 Å². The maximum atomic E-state index is 13.2. The molecule has 1 aliphatic heterocycles. The van der Waals surface area contributed by atoms with Crippen molar-refractivity contribution in [3.8, 4) is 0 Å². The fourth-order valence-corrected chi connectivity index (χ4v) is 2.94. The summed E-state index contributed by atoms with van der Waals surface area (Å²) < 4.78 is 32.0. The Bertz CT molecular complexity index is 837.